The smallest absolute Gasteiger partial charge is 0.336 e. The highest BCUT2D eigenvalue weighted by Gasteiger charge is 2.14. The van der Waals surface area contributed by atoms with Crippen molar-refractivity contribution in [3.63, 3.8) is 0 Å². The Morgan fingerprint density at radius 1 is 1.44 bits per heavy atom. The number of carbonyl (C=O) groups is 1. The first-order chi connectivity index (χ1) is 7.43. The zero-order valence-electron chi connectivity index (χ0n) is 8.51. The number of aryl methyl sites for hydroxylation is 1. The Hall–Kier alpha value is -1.33. The van der Waals surface area contributed by atoms with Gasteiger partial charge in [-0.25, -0.2) is 4.79 Å². The molecule has 1 aromatic rings. The van der Waals surface area contributed by atoms with Crippen LogP contribution >= 0.6 is 15.9 Å². The minimum absolute atomic E-state index is 0.264. The Morgan fingerprint density at radius 3 is 2.56 bits per heavy atom. The highest BCUT2D eigenvalue weighted by Crippen LogP contribution is 2.26. The third kappa shape index (κ3) is 2.84. The molecule has 4 nitrogen and oxygen atoms in total. The van der Waals surface area contributed by atoms with E-state index in [2.05, 4.69) is 15.9 Å². The molecule has 86 valence electrons. The van der Waals surface area contributed by atoms with Gasteiger partial charge < -0.3 is 15.3 Å². The number of hydrogen-bond acceptors (Lipinski definition) is 3. The summed E-state index contributed by atoms with van der Waals surface area (Å²) in [6.07, 6.45) is -0.832. The van der Waals surface area contributed by atoms with Crippen molar-refractivity contribution in [3.05, 3.63) is 39.9 Å². The van der Waals surface area contributed by atoms with E-state index in [0.29, 0.717) is 10.0 Å². The second-order valence-electron chi connectivity index (χ2n) is 3.27. The molecule has 3 N–H and O–H groups in total. The molecule has 0 bridgehead atoms. The first-order valence-electron chi connectivity index (χ1n) is 4.50. The Bertz CT molecular complexity index is 419. The monoisotopic (exact) mass is 286 g/mol. The van der Waals surface area contributed by atoms with E-state index in [1.165, 1.54) is 0 Å². The number of carboxylic acids is 1. The molecule has 0 fully saturated rings. The van der Waals surface area contributed by atoms with E-state index in [-0.39, 0.29) is 5.76 Å². The van der Waals surface area contributed by atoms with Crippen LogP contribution < -0.4 is 0 Å². The maximum absolute atomic E-state index is 10.4. The molecule has 0 aliphatic carbocycles. The molecule has 1 atom stereocenters. The summed E-state index contributed by atoms with van der Waals surface area (Å²) in [5, 5.41) is 27.3. The molecule has 0 aromatic heterocycles. The number of benzene rings is 1. The highest BCUT2D eigenvalue weighted by molar-refractivity contribution is 9.10. The molecule has 1 rings (SSSR count). The topological polar surface area (TPSA) is 77.8 Å². The Balaban J connectivity index is 3.14. The van der Waals surface area contributed by atoms with Gasteiger partial charge in [0.2, 0.25) is 0 Å². The number of aliphatic hydroxyl groups is 2. The molecule has 16 heavy (non-hydrogen) atoms. The molecule has 0 saturated carbocycles. The Labute approximate surface area is 101 Å². The van der Waals surface area contributed by atoms with Gasteiger partial charge in [0.1, 0.15) is 5.76 Å². The molecule has 5 heteroatoms. The fraction of sp³-hybridized carbons (Fsp3) is 0.182. The van der Waals surface area contributed by atoms with Gasteiger partial charge in [0.05, 0.1) is 0 Å². The van der Waals surface area contributed by atoms with Gasteiger partial charge in [0.25, 0.3) is 0 Å². The van der Waals surface area contributed by atoms with E-state index in [9.17, 15) is 9.90 Å². The van der Waals surface area contributed by atoms with Crippen LogP contribution in [0, 0.1) is 6.92 Å². The summed E-state index contributed by atoms with van der Waals surface area (Å²) in [4.78, 5) is 10.4. The molecular formula is C11H11BrO4. The largest absolute Gasteiger partial charge is 0.507 e. The lowest BCUT2D eigenvalue weighted by atomic mass is 10.1. The second kappa shape index (κ2) is 5.14. The minimum atomic E-state index is -1.72. The lowest BCUT2D eigenvalue weighted by Gasteiger charge is -2.08. The molecular weight excluding hydrogens is 276 g/mol. The van der Waals surface area contributed by atoms with Crippen LogP contribution in [0.2, 0.25) is 0 Å². The van der Waals surface area contributed by atoms with Crippen molar-refractivity contribution in [1.82, 2.24) is 0 Å². The quantitative estimate of drug-likeness (QED) is 0.744. The number of rotatable bonds is 3. The van der Waals surface area contributed by atoms with Gasteiger partial charge in [-0.15, -0.1) is 0 Å². The van der Waals surface area contributed by atoms with Gasteiger partial charge >= 0.3 is 5.97 Å². The maximum atomic E-state index is 10.4. The van der Waals surface area contributed by atoms with Crippen LogP contribution in [0.4, 0.5) is 0 Å². The van der Waals surface area contributed by atoms with Crippen LogP contribution in [-0.2, 0) is 4.79 Å². The van der Waals surface area contributed by atoms with E-state index >= 15 is 0 Å². The van der Waals surface area contributed by atoms with Crippen LogP contribution in [0.15, 0.2) is 28.7 Å². The lowest BCUT2D eigenvalue weighted by molar-refractivity contribution is -0.144. The standard InChI is InChI=1S/C11H11BrO4/c1-6-3-2-4-7(12)10(6)8(13)5-9(14)11(15)16/h2-5,9,13-14H,1H3,(H,15,16)/b8-5-/t9-/m0/s1. The maximum Gasteiger partial charge on any atom is 0.336 e. The van der Waals surface area contributed by atoms with Gasteiger partial charge in [-0.3, -0.25) is 0 Å². The summed E-state index contributed by atoms with van der Waals surface area (Å²) in [6.45, 7) is 1.78. The van der Waals surface area contributed by atoms with Crippen molar-refractivity contribution in [2.45, 2.75) is 13.0 Å². The van der Waals surface area contributed by atoms with Crippen molar-refractivity contribution >= 4 is 27.7 Å². The number of carboxylic acid groups (broad SMARTS) is 1. The van der Waals surface area contributed by atoms with Crippen molar-refractivity contribution in [3.8, 4) is 0 Å². The summed E-state index contributed by atoms with van der Waals surface area (Å²) >= 11 is 3.24. The molecule has 0 amide bonds. The van der Waals surface area contributed by atoms with E-state index in [0.717, 1.165) is 11.6 Å². The zero-order chi connectivity index (χ0) is 12.3. The molecule has 0 heterocycles. The molecule has 0 aliphatic heterocycles. The molecule has 0 saturated heterocycles. The number of aliphatic carboxylic acids is 1. The average Bonchev–Trinajstić information content (AvgIpc) is 2.16. The van der Waals surface area contributed by atoms with Crippen LogP contribution in [0.25, 0.3) is 5.76 Å². The fourth-order valence-corrected chi connectivity index (χ4v) is 1.93. The Morgan fingerprint density at radius 2 is 2.06 bits per heavy atom. The number of hydrogen-bond donors (Lipinski definition) is 3. The van der Waals surface area contributed by atoms with E-state index in [1.807, 2.05) is 0 Å². The molecule has 0 unspecified atom stereocenters. The van der Waals surface area contributed by atoms with Gasteiger partial charge in [0, 0.05) is 10.0 Å². The SMILES string of the molecule is Cc1cccc(Br)c1/C(O)=C/[C@H](O)C(=O)O. The summed E-state index contributed by atoms with van der Waals surface area (Å²) in [5.41, 5.74) is 1.25. The summed E-state index contributed by atoms with van der Waals surface area (Å²) in [6, 6.07) is 5.29. The number of halogens is 1. The van der Waals surface area contributed by atoms with Gasteiger partial charge in [-0.1, -0.05) is 28.1 Å². The van der Waals surface area contributed by atoms with Gasteiger partial charge in [0.15, 0.2) is 6.10 Å². The van der Waals surface area contributed by atoms with Gasteiger partial charge in [-0.2, -0.15) is 0 Å². The van der Waals surface area contributed by atoms with Crippen LogP contribution in [0.3, 0.4) is 0 Å². The van der Waals surface area contributed by atoms with Gasteiger partial charge in [-0.05, 0) is 24.6 Å². The second-order valence-corrected chi connectivity index (χ2v) is 4.12. The third-order valence-corrected chi connectivity index (χ3v) is 2.71. The van der Waals surface area contributed by atoms with E-state index in [4.69, 9.17) is 10.2 Å². The first-order valence-corrected chi connectivity index (χ1v) is 5.30. The van der Waals surface area contributed by atoms with Crippen LogP contribution in [0.5, 0.6) is 0 Å². The third-order valence-electron chi connectivity index (χ3n) is 2.05. The fourth-order valence-electron chi connectivity index (χ4n) is 1.26. The van der Waals surface area contributed by atoms with Crippen molar-refractivity contribution < 1.29 is 20.1 Å². The summed E-state index contributed by atoms with van der Waals surface area (Å²) in [7, 11) is 0. The van der Waals surface area contributed by atoms with E-state index in [1.54, 1.807) is 25.1 Å². The predicted octanol–water partition coefficient (Wildman–Crippen LogP) is 2.10. The summed E-state index contributed by atoms with van der Waals surface area (Å²) < 4.78 is 0.638. The normalized spacial score (nSPS) is 13.6. The Kier molecular flexibility index (Phi) is 4.09. The van der Waals surface area contributed by atoms with Crippen LogP contribution in [-0.4, -0.2) is 27.4 Å². The van der Waals surface area contributed by atoms with Crippen LogP contribution in [0.1, 0.15) is 11.1 Å². The lowest BCUT2D eigenvalue weighted by Crippen LogP contribution is -2.16. The highest BCUT2D eigenvalue weighted by atomic mass is 79.9. The number of aliphatic hydroxyl groups excluding tert-OH is 2. The van der Waals surface area contributed by atoms with Crippen molar-refractivity contribution in [2.75, 3.05) is 0 Å². The minimum Gasteiger partial charge on any atom is -0.507 e. The zero-order valence-corrected chi connectivity index (χ0v) is 10.1. The molecule has 0 aliphatic rings. The summed E-state index contributed by atoms with van der Waals surface area (Å²) in [5.74, 6) is -1.67. The molecule has 1 aromatic carbocycles. The molecule has 0 radical (unpaired) electrons. The molecule has 0 spiro atoms. The van der Waals surface area contributed by atoms with E-state index < -0.39 is 12.1 Å². The average molecular weight is 287 g/mol. The predicted molar refractivity (Wildman–Crippen MR) is 63.1 cm³/mol. The van der Waals surface area contributed by atoms with Crippen molar-refractivity contribution in [1.29, 1.82) is 0 Å². The van der Waals surface area contributed by atoms with Crippen molar-refractivity contribution in [2.24, 2.45) is 0 Å². The first kappa shape index (κ1) is 12.7.